The van der Waals surface area contributed by atoms with Crippen LogP contribution in [0.4, 0.5) is 0 Å². The number of aliphatic hydroxyl groups excluding tert-OH is 4. The third-order valence-electron chi connectivity index (χ3n) is 5.45. The molecule has 2 aliphatic rings. The fourth-order valence-corrected chi connectivity index (χ4v) is 3.77. The monoisotopic (exact) mass is 450 g/mol. The minimum atomic E-state index is -1.77. The van der Waals surface area contributed by atoms with Crippen molar-refractivity contribution in [1.29, 1.82) is 0 Å². The Hall–Kier alpha value is -2.93. The molecule has 0 bridgehead atoms. The first-order chi connectivity index (χ1) is 15.2. The van der Waals surface area contributed by atoms with E-state index in [1.165, 1.54) is 24.3 Å². The number of Topliss-reactive ketones (excluding diaryl/α,β-unsaturated/α-hetero) is 1. The van der Waals surface area contributed by atoms with Gasteiger partial charge in [-0.25, -0.2) is 0 Å². The van der Waals surface area contributed by atoms with E-state index >= 15 is 0 Å². The Bertz CT molecular complexity index is 990. The number of phenols is 3. The average Bonchev–Trinajstić information content (AvgIpc) is 2.75. The first-order valence-corrected chi connectivity index (χ1v) is 9.73. The zero-order valence-corrected chi connectivity index (χ0v) is 16.5. The third-order valence-corrected chi connectivity index (χ3v) is 5.45. The summed E-state index contributed by atoms with van der Waals surface area (Å²) in [7, 11) is 0. The molecular weight excluding hydrogens is 428 g/mol. The van der Waals surface area contributed by atoms with Crippen molar-refractivity contribution in [3.63, 3.8) is 0 Å². The number of aromatic hydroxyl groups is 3. The summed E-state index contributed by atoms with van der Waals surface area (Å²) < 4.78 is 16.9. The quantitative estimate of drug-likeness (QED) is 0.312. The average molecular weight is 450 g/mol. The fraction of sp³-hybridized carbons (Fsp3) is 0.381. The molecular formula is C21H22O11. The molecule has 0 aliphatic carbocycles. The first kappa shape index (κ1) is 22.3. The molecule has 0 amide bonds. The molecule has 11 heteroatoms. The van der Waals surface area contributed by atoms with Crippen molar-refractivity contribution < 1.29 is 54.8 Å². The number of ketones is 1. The zero-order valence-electron chi connectivity index (χ0n) is 16.5. The SMILES string of the molecule is O=C1c2c(O)cc(O)cc2O[C@@H](c2ccc(O)cc2)[C@@H]1O[C@H]1O[C@H](CO)[C@H](O)[C@H](O)[C@H]1O. The predicted molar refractivity (Wildman–Crippen MR) is 104 cm³/mol. The standard InChI is InChI=1S/C21H22O11/c22-7-13-15(26)17(28)18(29)21(31-13)32-20-16(27)14-11(25)5-10(24)6-12(14)30-19(20)8-1-3-9(23)4-2-8/h1-6,13,15,17-26,28-29H,7H2/t13-,15+,17+,18-,19+,20-,21-/m1/s1. The van der Waals surface area contributed by atoms with E-state index in [9.17, 15) is 40.5 Å². The summed E-state index contributed by atoms with van der Waals surface area (Å²) in [4.78, 5) is 13.3. The van der Waals surface area contributed by atoms with Crippen LogP contribution in [0, 0.1) is 0 Å². The summed E-state index contributed by atoms with van der Waals surface area (Å²) in [5.41, 5.74) is 0.103. The second-order valence-electron chi connectivity index (χ2n) is 7.59. The summed E-state index contributed by atoms with van der Waals surface area (Å²) in [6, 6.07) is 7.72. The molecule has 7 atom stereocenters. The van der Waals surface area contributed by atoms with E-state index < -0.39 is 61.1 Å². The Morgan fingerprint density at radius 3 is 2.25 bits per heavy atom. The molecule has 172 valence electrons. The van der Waals surface area contributed by atoms with Gasteiger partial charge in [0, 0.05) is 12.1 Å². The summed E-state index contributed by atoms with van der Waals surface area (Å²) in [6.45, 7) is -0.690. The maximum atomic E-state index is 13.3. The van der Waals surface area contributed by atoms with Crippen LogP contribution in [0.3, 0.4) is 0 Å². The molecule has 2 aromatic rings. The molecule has 2 aromatic carbocycles. The molecule has 0 aromatic heterocycles. The van der Waals surface area contributed by atoms with Crippen LogP contribution in [0.2, 0.25) is 0 Å². The highest BCUT2D eigenvalue weighted by atomic mass is 16.7. The highest BCUT2D eigenvalue weighted by molar-refractivity contribution is 6.05. The van der Waals surface area contributed by atoms with Crippen molar-refractivity contribution in [2.24, 2.45) is 0 Å². The minimum absolute atomic E-state index is 0.0435. The van der Waals surface area contributed by atoms with Crippen LogP contribution in [-0.4, -0.2) is 84.9 Å². The Morgan fingerprint density at radius 2 is 1.59 bits per heavy atom. The number of rotatable bonds is 4. The predicted octanol–water partition coefficient (Wildman–Crippen LogP) is -0.695. The Labute approximate surface area is 181 Å². The number of carbonyl (C=O) groups excluding carboxylic acids is 1. The number of hydrogen-bond acceptors (Lipinski definition) is 11. The molecule has 32 heavy (non-hydrogen) atoms. The second-order valence-corrected chi connectivity index (χ2v) is 7.59. The lowest BCUT2D eigenvalue weighted by molar-refractivity contribution is -0.311. The van der Waals surface area contributed by atoms with Crippen LogP contribution < -0.4 is 4.74 Å². The largest absolute Gasteiger partial charge is 0.508 e. The van der Waals surface area contributed by atoms with E-state index in [0.29, 0.717) is 5.56 Å². The van der Waals surface area contributed by atoms with Gasteiger partial charge in [0.15, 0.2) is 18.5 Å². The van der Waals surface area contributed by atoms with Crippen LogP contribution >= 0.6 is 0 Å². The first-order valence-electron chi connectivity index (χ1n) is 9.73. The van der Waals surface area contributed by atoms with E-state index in [1.54, 1.807) is 0 Å². The van der Waals surface area contributed by atoms with E-state index in [2.05, 4.69) is 0 Å². The van der Waals surface area contributed by atoms with Crippen molar-refractivity contribution in [2.75, 3.05) is 6.61 Å². The van der Waals surface area contributed by atoms with Crippen LogP contribution in [0.25, 0.3) is 0 Å². The van der Waals surface area contributed by atoms with Crippen molar-refractivity contribution in [3.05, 3.63) is 47.5 Å². The smallest absolute Gasteiger partial charge is 0.203 e. The maximum absolute atomic E-state index is 13.3. The van der Waals surface area contributed by atoms with Gasteiger partial charge in [0.2, 0.25) is 5.78 Å². The van der Waals surface area contributed by atoms with Crippen LogP contribution in [0.5, 0.6) is 23.0 Å². The van der Waals surface area contributed by atoms with E-state index in [1.807, 2.05) is 0 Å². The molecule has 2 aliphatic heterocycles. The highest BCUT2D eigenvalue weighted by Gasteiger charge is 2.49. The van der Waals surface area contributed by atoms with Gasteiger partial charge in [-0.3, -0.25) is 4.79 Å². The lowest BCUT2D eigenvalue weighted by Gasteiger charge is -2.42. The Balaban J connectivity index is 1.72. The van der Waals surface area contributed by atoms with Gasteiger partial charge in [-0.1, -0.05) is 12.1 Å². The number of phenolic OH excluding ortho intramolecular Hbond substituents is 3. The van der Waals surface area contributed by atoms with Crippen molar-refractivity contribution in [1.82, 2.24) is 0 Å². The van der Waals surface area contributed by atoms with E-state index in [4.69, 9.17) is 14.2 Å². The minimum Gasteiger partial charge on any atom is -0.508 e. The van der Waals surface area contributed by atoms with Crippen molar-refractivity contribution in [3.8, 4) is 23.0 Å². The molecule has 4 rings (SSSR count). The van der Waals surface area contributed by atoms with Gasteiger partial charge in [-0.2, -0.15) is 0 Å². The van der Waals surface area contributed by atoms with Gasteiger partial charge in [-0.15, -0.1) is 0 Å². The number of carbonyl (C=O) groups is 1. The van der Waals surface area contributed by atoms with Gasteiger partial charge in [-0.05, 0) is 17.7 Å². The lowest BCUT2D eigenvalue weighted by atomic mass is 9.92. The third kappa shape index (κ3) is 3.86. The molecule has 1 fully saturated rings. The molecule has 0 radical (unpaired) electrons. The molecule has 11 nitrogen and oxygen atoms in total. The number of aliphatic hydroxyl groups is 4. The summed E-state index contributed by atoms with van der Waals surface area (Å²) in [6.07, 6.45) is -10.7. The van der Waals surface area contributed by atoms with Gasteiger partial charge >= 0.3 is 0 Å². The number of hydrogen-bond donors (Lipinski definition) is 7. The zero-order chi connectivity index (χ0) is 23.2. The van der Waals surface area contributed by atoms with Crippen LogP contribution in [0.15, 0.2) is 36.4 Å². The normalized spacial score (nSPS) is 32.2. The summed E-state index contributed by atoms with van der Waals surface area (Å²) >= 11 is 0. The van der Waals surface area contributed by atoms with Crippen molar-refractivity contribution in [2.45, 2.75) is 42.9 Å². The Kier molecular flexibility index (Phi) is 5.95. The Morgan fingerprint density at radius 1 is 0.906 bits per heavy atom. The van der Waals surface area contributed by atoms with Gasteiger partial charge in [0.1, 0.15) is 53.0 Å². The van der Waals surface area contributed by atoms with Gasteiger partial charge in [0.05, 0.1) is 6.61 Å². The molecule has 0 unspecified atom stereocenters. The molecule has 1 saturated heterocycles. The second kappa shape index (κ2) is 8.54. The van der Waals surface area contributed by atoms with Crippen LogP contribution in [0.1, 0.15) is 22.0 Å². The lowest BCUT2D eigenvalue weighted by Crippen LogP contribution is -2.60. The summed E-state index contributed by atoms with van der Waals surface area (Å²) in [5, 5.41) is 69.2. The fourth-order valence-electron chi connectivity index (χ4n) is 3.77. The number of benzene rings is 2. The highest BCUT2D eigenvalue weighted by Crippen LogP contribution is 2.43. The van der Waals surface area contributed by atoms with Crippen molar-refractivity contribution >= 4 is 5.78 Å². The van der Waals surface area contributed by atoms with Gasteiger partial charge in [0.25, 0.3) is 0 Å². The van der Waals surface area contributed by atoms with E-state index in [0.717, 1.165) is 12.1 Å². The van der Waals surface area contributed by atoms with Crippen LogP contribution in [-0.2, 0) is 9.47 Å². The van der Waals surface area contributed by atoms with Gasteiger partial charge < -0.3 is 50.0 Å². The van der Waals surface area contributed by atoms with E-state index in [-0.39, 0.29) is 22.8 Å². The number of ether oxygens (including phenoxy) is 3. The number of fused-ring (bicyclic) bond motifs is 1. The molecule has 0 saturated carbocycles. The molecule has 2 heterocycles. The topological polar surface area (TPSA) is 186 Å². The molecule has 0 spiro atoms. The maximum Gasteiger partial charge on any atom is 0.203 e. The summed E-state index contributed by atoms with van der Waals surface area (Å²) in [5.74, 6) is -1.82. The molecule has 7 N–H and O–H groups in total.